The van der Waals surface area contributed by atoms with Crippen LogP contribution in [0.3, 0.4) is 0 Å². The van der Waals surface area contributed by atoms with Crippen LogP contribution in [0.1, 0.15) is 39.2 Å². The average Bonchev–Trinajstić information content (AvgIpc) is 2.83. The maximum absolute atomic E-state index is 13.9. The lowest BCUT2D eigenvalue weighted by Crippen LogP contribution is -2.35. The third kappa shape index (κ3) is 6.34. The topological polar surface area (TPSA) is 130 Å². The smallest absolute Gasteiger partial charge is 0.337 e. The lowest BCUT2D eigenvalue weighted by atomic mass is 9.80. The number of nitrogens with one attached hydrogen (secondary N) is 3. The summed E-state index contributed by atoms with van der Waals surface area (Å²) in [5.74, 6) is -4.38. The molecule has 198 valence electrons. The van der Waals surface area contributed by atoms with E-state index in [1.165, 1.54) is 12.1 Å². The normalized spacial score (nSPS) is 15.3. The average molecular weight is 525 g/mol. The van der Waals surface area contributed by atoms with Gasteiger partial charge in [0.25, 0.3) is 0 Å². The first kappa shape index (κ1) is 27.9. The Bertz CT molecular complexity index is 1400. The lowest BCUT2D eigenvalue weighted by molar-refractivity contribution is -0.150. The van der Waals surface area contributed by atoms with Crippen LogP contribution in [0.25, 0.3) is 0 Å². The monoisotopic (exact) mass is 524 g/mol. The number of amides is 2. The summed E-state index contributed by atoms with van der Waals surface area (Å²) in [7, 11) is 1.15. The van der Waals surface area contributed by atoms with E-state index in [9.17, 15) is 28.4 Å². The molecule has 2 aromatic rings. The first-order valence-electron chi connectivity index (χ1n) is 11.4. The second-order valence-corrected chi connectivity index (χ2v) is 9.32. The van der Waals surface area contributed by atoms with Crippen LogP contribution in [0.4, 0.5) is 25.0 Å². The minimum Gasteiger partial charge on any atom is -0.466 e. The number of allylic oxidation sites excluding steroid dienone is 2. The van der Waals surface area contributed by atoms with Crippen molar-refractivity contribution in [1.82, 2.24) is 5.32 Å². The molecule has 2 amide bonds. The van der Waals surface area contributed by atoms with E-state index in [0.717, 1.165) is 19.2 Å². The number of anilines is 2. The number of halogens is 2. The van der Waals surface area contributed by atoms with Crippen molar-refractivity contribution in [2.75, 3.05) is 17.7 Å². The fraction of sp³-hybridized carbons (Fsp3) is 0.259. The second kappa shape index (κ2) is 11.1. The molecule has 3 rings (SSSR count). The second-order valence-electron chi connectivity index (χ2n) is 9.32. The van der Waals surface area contributed by atoms with Gasteiger partial charge in [-0.2, -0.15) is 5.26 Å². The Hall–Kier alpha value is -4.72. The summed E-state index contributed by atoms with van der Waals surface area (Å²) in [6, 6.07) is 10.0. The van der Waals surface area contributed by atoms with Crippen molar-refractivity contribution in [3.63, 3.8) is 0 Å². The molecule has 38 heavy (non-hydrogen) atoms. The summed E-state index contributed by atoms with van der Waals surface area (Å²) in [6.45, 7) is 6.65. The third-order valence-corrected chi connectivity index (χ3v) is 5.36. The van der Waals surface area contributed by atoms with Gasteiger partial charge in [0.1, 0.15) is 29.0 Å². The number of rotatable bonds is 5. The number of methoxy groups -OCH3 is 1. The zero-order valence-electron chi connectivity index (χ0n) is 21.4. The van der Waals surface area contributed by atoms with Crippen molar-refractivity contribution in [2.45, 2.75) is 39.2 Å². The molecule has 0 spiro atoms. The first-order valence-corrected chi connectivity index (χ1v) is 11.4. The van der Waals surface area contributed by atoms with Crippen LogP contribution in [-0.4, -0.2) is 30.7 Å². The van der Waals surface area contributed by atoms with Crippen LogP contribution >= 0.6 is 0 Å². The summed E-state index contributed by atoms with van der Waals surface area (Å²) in [4.78, 5) is 38.6. The maximum Gasteiger partial charge on any atom is 0.337 e. The number of urea groups is 1. The van der Waals surface area contributed by atoms with E-state index in [-0.39, 0.29) is 28.2 Å². The number of carbonyl (C=O) groups is 3. The summed E-state index contributed by atoms with van der Waals surface area (Å²) < 4.78 is 37.6. The van der Waals surface area contributed by atoms with Gasteiger partial charge < -0.3 is 25.4 Å². The lowest BCUT2D eigenvalue weighted by Gasteiger charge is -2.31. The fourth-order valence-corrected chi connectivity index (χ4v) is 3.85. The predicted molar refractivity (Wildman–Crippen MR) is 135 cm³/mol. The van der Waals surface area contributed by atoms with Crippen LogP contribution in [0, 0.1) is 23.0 Å². The molecule has 1 unspecified atom stereocenters. The van der Waals surface area contributed by atoms with Crippen molar-refractivity contribution in [3.8, 4) is 6.07 Å². The van der Waals surface area contributed by atoms with E-state index in [2.05, 4.69) is 16.0 Å². The van der Waals surface area contributed by atoms with Crippen molar-refractivity contribution in [2.24, 2.45) is 0 Å². The number of hydrogen-bond donors (Lipinski definition) is 3. The molecule has 1 heterocycles. The standard InChI is InChI=1S/C27H26F2N4O5/c1-14-21(25(35)38-27(2,3)4)22(23(24(34)37-5)20(13-30)31-14)15-7-6-8-17(11-15)32-26(36)33-19-10-9-16(28)12-18(19)29/h6-12,22,31H,1-5H3,(H2,32,33,36). The van der Waals surface area contributed by atoms with Gasteiger partial charge in [-0.05, 0) is 57.5 Å². The Morgan fingerprint density at radius 1 is 1.03 bits per heavy atom. The highest BCUT2D eigenvalue weighted by Crippen LogP contribution is 2.40. The highest BCUT2D eigenvalue weighted by atomic mass is 19.1. The molecule has 3 N–H and O–H groups in total. The van der Waals surface area contributed by atoms with Gasteiger partial charge in [0.05, 0.1) is 29.9 Å². The number of nitrogens with zero attached hydrogens (tertiary/aromatic N) is 1. The molecule has 11 heteroatoms. The molecule has 0 saturated carbocycles. The van der Waals surface area contributed by atoms with Gasteiger partial charge >= 0.3 is 18.0 Å². The van der Waals surface area contributed by atoms with Gasteiger partial charge in [-0.25, -0.2) is 23.2 Å². The van der Waals surface area contributed by atoms with Gasteiger partial charge in [-0.3, -0.25) is 0 Å². The van der Waals surface area contributed by atoms with Crippen molar-refractivity contribution < 1.29 is 32.6 Å². The van der Waals surface area contributed by atoms with E-state index in [1.54, 1.807) is 39.8 Å². The minimum absolute atomic E-state index is 0.0781. The molecular weight excluding hydrogens is 498 g/mol. The molecule has 0 radical (unpaired) electrons. The highest BCUT2D eigenvalue weighted by molar-refractivity contribution is 6.02. The molecule has 0 saturated heterocycles. The first-order chi connectivity index (χ1) is 17.8. The molecular formula is C27H26F2N4O5. The summed E-state index contributed by atoms with van der Waals surface area (Å²) in [5, 5.41) is 17.3. The largest absolute Gasteiger partial charge is 0.466 e. The van der Waals surface area contributed by atoms with Crippen LogP contribution < -0.4 is 16.0 Å². The van der Waals surface area contributed by atoms with Crippen LogP contribution in [0.5, 0.6) is 0 Å². The molecule has 0 aliphatic carbocycles. The number of carbonyl (C=O) groups excluding carboxylic acids is 3. The van der Waals surface area contributed by atoms with E-state index in [0.29, 0.717) is 17.3 Å². The van der Waals surface area contributed by atoms with Crippen LogP contribution in [-0.2, 0) is 19.1 Å². The number of nitriles is 1. The molecule has 0 aromatic heterocycles. The Balaban J connectivity index is 2.03. The maximum atomic E-state index is 13.9. The number of benzene rings is 2. The van der Waals surface area contributed by atoms with E-state index >= 15 is 0 Å². The van der Waals surface area contributed by atoms with Gasteiger partial charge in [0.2, 0.25) is 0 Å². The molecule has 1 aliphatic rings. The Kier molecular flexibility index (Phi) is 8.16. The Labute approximate surface area is 218 Å². The third-order valence-electron chi connectivity index (χ3n) is 5.36. The van der Waals surface area contributed by atoms with Gasteiger partial charge in [0, 0.05) is 17.5 Å². The molecule has 0 bridgehead atoms. The SMILES string of the molecule is COC(=O)C1=C(C#N)NC(C)=C(C(=O)OC(C)(C)C)C1c1cccc(NC(=O)Nc2ccc(F)cc2F)c1. The highest BCUT2D eigenvalue weighted by Gasteiger charge is 2.40. The van der Waals surface area contributed by atoms with Crippen LogP contribution in [0.2, 0.25) is 0 Å². The van der Waals surface area contributed by atoms with Crippen molar-refractivity contribution >= 4 is 29.3 Å². The number of dihydropyridines is 1. The van der Waals surface area contributed by atoms with Crippen LogP contribution in [0.15, 0.2) is 65.0 Å². The fourth-order valence-electron chi connectivity index (χ4n) is 3.85. The molecule has 2 aromatic carbocycles. The molecule has 1 atom stereocenters. The van der Waals surface area contributed by atoms with Gasteiger partial charge in [0.15, 0.2) is 0 Å². The molecule has 1 aliphatic heterocycles. The van der Waals surface area contributed by atoms with Gasteiger partial charge in [-0.1, -0.05) is 12.1 Å². The number of esters is 2. The quantitative estimate of drug-likeness (QED) is 0.476. The zero-order chi connectivity index (χ0) is 28.2. The van der Waals surface area contributed by atoms with E-state index < -0.39 is 41.1 Å². The molecule has 0 fully saturated rings. The zero-order valence-corrected chi connectivity index (χ0v) is 21.4. The summed E-state index contributed by atoms with van der Waals surface area (Å²) >= 11 is 0. The summed E-state index contributed by atoms with van der Waals surface area (Å²) in [6.07, 6.45) is 0. The number of ether oxygens (including phenoxy) is 2. The van der Waals surface area contributed by atoms with Crippen molar-refractivity contribution in [1.29, 1.82) is 5.26 Å². The number of hydrogen-bond acceptors (Lipinski definition) is 7. The molecule has 9 nitrogen and oxygen atoms in total. The van der Waals surface area contributed by atoms with Gasteiger partial charge in [-0.15, -0.1) is 0 Å². The van der Waals surface area contributed by atoms with E-state index in [4.69, 9.17) is 9.47 Å². The minimum atomic E-state index is -1.08. The van der Waals surface area contributed by atoms with Crippen molar-refractivity contribution in [3.05, 3.63) is 82.2 Å². The predicted octanol–water partition coefficient (Wildman–Crippen LogP) is 4.86. The summed E-state index contributed by atoms with van der Waals surface area (Å²) in [5.41, 5.74) is -0.331. The van der Waals surface area contributed by atoms with E-state index in [1.807, 2.05) is 6.07 Å². The Morgan fingerprint density at radius 3 is 2.34 bits per heavy atom. The Morgan fingerprint density at radius 2 is 1.74 bits per heavy atom.